The average Bonchev–Trinajstić information content (AvgIpc) is 2.33. The standard InChI is InChI=1S/C14H21BrN2O2/c1-4-12(10-7-5-6-8-11(10)15)17-13(18)16-9-14(2,3)19/h5-8,12,19H,4,9H2,1-3H3,(H2,16,17,18). The lowest BCUT2D eigenvalue weighted by Crippen LogP contribution is -2.44. The molecule has 4 nitrogen and oxygen atoms in total. The second-order valence-corrected chi connectivity index (χ2v) is 5.98. The van der Waals surface area contributed by atoms with Crippen molar-refractivity contribution in [3.8, 4) is 0 Å². The molecule has 1 aromatic carbocycles. The van der Waals surface area contributed by atoms with Crippen LogP contribution < -0.4 is 10.6 Å². The minimum Gasteiger partial charge on any atom is -0.389 e. The van der Waals surface area contributed by atoms with Gasteiger partial charge in [0.05, 0.1) is 11.6 Å². The van der Waals surface area contributed by atoms with Gasteiger partial charge in [0.2, 0.25) is 0 Å². The number of nitrogens with one attached hydrogen (secondary N) is 2. The normalized spacial score (nSPS) is 12.9. The molecule has 0 heterocycles. The summed E-state index contributed by atoms with van der Waals surface area (Å²) in [7, 11) is 0. The molecule has 0 saturated heterocycles. The minimum atomic E-state index is -0.910. The van der Waals surface area contributed by atoms with E-state index < -0.39 is 5.60 Å². The molecule has 0 aliphatic heterocycles. The van der Waals surface area contributed by atoms with E-state index in [2.05, 4.69) is 26.6 Å². The molecule has 3 N–H and O–H groups in total. The second kappa shape index (κ2) is 6.91. The number of carbonyl (C=O) groups excluding carboxylic acids is 1. The number of hydrogen-bond acceptors (Lipinski definition) is 2. The molecule has 0 bridgehead atoms. The number of aliphatic hydroxyl groups is 1. The summed E-state index contributed by atoms with van der Waals surface area (Å²) in [4.78, 5) is 11.8. The Bertz CT molecular complexity index is 430. The highest BCUT2D eigenvalue weighted by Crippen LogP contribution is 2.25. The first kappa shape index (κ1) is 16.0. The molecule has 0 radical (unpaired) electrons. The van der Waals surface area contributed by atoms with Crippen molar-refractivity contribution in [1.29, 1.82) is 0 Å². The molecule has 0 saturated carbocycles. The van der Waals surface area contributed by atoms with Gasteiger partial charge in [0.1, 0.15) is 0 Å². The third-order valence-electron chi connectivity index (χ3n) is 2.68. The fraction of sp³-hybridized carbons (Fsp3) is 0.500. The molecule has 1 atom stereocenters. The van der Waals surface area contributed by atoms with Gasteiger partial charge in [0.15, 0.2) is 0 Å². The van der Waals surface area contributed by atoms with Crippen molar-refractivity contribution in [2.24, 2.45) is 0 Å². The molecule has 0 aliphatic carbocycles. The summed E-state index contributed by atoms with van der Waals surface area (Å²) in [5.41, 5.74) is 0.134. The highest BCUT2D eigenvalue weighted by molar-refractivity contribution is 9.10. The van der Waals surface area contributed by atoms with E-state index >= 15 is 0 Å². The molecular formula is C14H21BrN2O2. The second-order valence-electron chi connectivity index (χ2n) is 5.12. The molecule has 2 amide bonds. The van der Waals surface area contributed by atoms with Gasteiger partial charge < -0.3 is 15.7 Å². The molecule has 5 heteroatoms. The highest BCUT2D eigenvalue weighted by Gasteiger charge is 2.17. The Kier molecular flexibility index (Phi) is 5.82. The first-order valence-electron chi connectivity index (χ1n) is 6.34. The zero-order valence-electron chi connectivity index (χ0n) is 11.5. The predicted octanol–water partition coefficient (Wildman–Crippen LogP) is 2.97. The van der Waals surface area contributed by atoms with E-state index in [-0.39, 0.29) is 18.6 Å². The number of hydrogen-bond donors (Lipinski definition) is 3. The van der Waals surface area contributed by atoms with Gasteiger partial charge in [-0.05, 0) is 31.9 Å². The lowest BCUT2D eigenvalue weighted by molar-refractivity contribution is 0.0817. The third-order valence-corrected chi connectivity index (χ3v) is 3.40. The van der Waals surface area contributed by atoms with Crippen LogP contribution >= 0.6 is 15.9 Å². The van der Waals surface area contributed by atoms with Crippen molar-refractivity contribution in [2.45, 2.75) is 38.8 Å². The summed E-state index contributed by atoms with van der Waals surface area (Å²) in [5, 5.41) is 15.1. The van der Waals surface area contributed by atoms with Crippen LogP contribution in [0.1, 0.15) is 38.8 Å². The maximum Gasteiger partial charge on any atom is 0.315 e. The van der Waals surface area contributed by atoms with Crippen LogP contribution in [-0.4, -0.2) is 23.3 Å². The van der Waals surface area contributed by atoms with E-state index in [0.29, 0.717) is 0 Å². The summed E-state index contributed by atoms with van der Waals surface area (Å²) in [5.74, 6) is 0. The molecule has 0 fully saturated rings. The average molecular weight is 329 g/mol. The molecule has 0 aliphatic rings. The van der Waals surface area contributed by atoms with Crippen LogP contribution in [0.15, 0.2) is 28.7 Å². The van der Waals surface area contributed by atoms with E-state index in [1.54, 1.807) is 13.8 Å². The number of rotatable bonds is 5. The monoisotopic (exact) mass is 328 g/mol. The topological polar surface area (TPSA) is 61.4 Å². The Morgan fingerprint density at radius 1 is 1.42 bits per heavy atom. The van der Waals surface area contributed by atoms with Gasteiger partial charge in [-0.2, -0.15) is 0 Å². The van der Waals surface area contributed by atoms with Gasteiger partial charge in [-0.1, -0.05) is 41.1 Å². The van der Waals surface area contributed by atoms with Gasteiger partial charge in [0, 0.05) is 11.0 Å². The van der Waals surface area contributed by atoms with E-state index in [4.69, 9.17) is 0 Å². The number of benzene rings is 1. The van der Waals surface area contributed by atoms with Crippen molar-refractivity contribution in [3.05, 3.63) is 34.3 Å². The van der Waals surface area contributed by atoms with Crippen molar-refractivity contribution in [2.75, 3.05) is 6.54 Å². The van der Waals surface area contributed by atoms with E-state index in [9.17, 15) is 9.90 Å². The Balaban J connectivity index is 2.63. The van der Waals surface area contributed by atoms with Crippen LogP contribution in [0.25, 0.3) is 0 Å². The Morgan fingerprint density at radius 3 is 2.58 bits per heavy atom. The molecule has 106 valence electrons. The van der Waals surface area contributed by atoms with E-state index in [1.807, 2.05) is 31.2 Å². The largest absolute Gasteiger partial charge is 0.389 e. The van der Waals surface area contributed by atoms with Crippen LogP contribution in [0.5, 0.6) is 0 Å². The Morgan fingerprint density at radius 2 is 2.05 bits per heavy atom. The zero-order chi connectivity index (χ0) is 14.5. The zero-order valence-corrected chi connectivity index (χ0v) is 13.1. The summed E-state index contributed by atoms with van der Waals surface area (Å²) < 4.78 is 0.977. The van der Waals surface area contributed by atoms with Crippen LogP contribution in [0.3, 0.4) is 0 Å². The van der Waals surface area contributed by atoms with Crippen LogP contribution in [0.4, 0.5) is 4.79 Å². The predicted molar refractivity (Wildman–Crippen MR) is 80.0 cm³/mol. The fourth-order valence-electron chi connectivity index (χ4n) is 1.66. The molecule has 0 aromatic heterocycles. The van der Waals surface area contributed by atoms with E-state index in [0.717, 1.165) is 16.5 Å². The van der Waals surface area contributed by atoms with Crippen LogP contribution in [-0.2, 0) is 0 Å². The Hall–Kier alpha value is -1.07. The third kappa shape index (κ3) is 5.61. The number of urea groups is 1. The summed E-state index contributed by atoms with van der Waals surface area (Å²) in [6, 6.07) is 7.48. The van der Waals surface area contributed by atoms with Crippen molar-refractivity contribution >= 4 is 22.0 Å². The summed E-state index contributed by atoms with van der Waals surface area (Å²) >= 11 is 3.49. The summed E-state index contributed by atoms with van der Waals surface area (Å²) in [6.45, 7) is 5.53. The molecule has 1 unspecified atom stereocenters. The van der Waals surface area contributed by atoms with Gasteiger partial charge in [-0.15, -0.1) is 0 Å². The smallest absolute Gasteiger partial charge is 0.315 e. The van der Waals surface area contributed by atoms with Gasteiger partial charge in [-0.25, -0.2) is 4.79 Å². The van der Waals surface area contributed by atoms with Crippen molar-refractivity contribution in [1.82, 2.24) is 10.6 Å². The quantitative estimate of drug-likeness (QED) is 0.778. The maximum absolute atomic E-state index is 11.8. The Labute approximate surface area is 122 Å². The molecule has 1 aromatic rings. The lowest BCUT2D eigenvalue weighted by atomic mass is 10.1. The highest BCUT2D eigenvalue weighted by atomic mass is 79.9. The van der Waals surface area contributed by atoms with Crippen LogP contribution in [0, 0.1) is 0 Å². The SMILES string of the molecule is CCC(NC(=O)NCC(C)(C)O)c1ccccc1Br. The van der Waals surface area contributed by atoms with Gasteiger partial charge >= 0.3 is 6.03 Å². The molecule has 1 rings (SSSR count). The lowest BCUT2D eigenvalue weighted by Gasteiger charge is -2.22. The first-order chi connectivity index (χ1) is 8.83. The first-order valence-corrected chi connectivity index (χ1v) is 7.14. The van der Waals surface area contributed by atoms with Crippen molar-refractivity contribution < 1.29 is 9.90 Å². The molecule has 19 heavy (non-hydrogen) atoms. The minimum absolute atomic E-state index is 0.0580. The maximum atomic E-state index is 11.8. The van der Waals surface area contributed by atoms with Gasteiger partial charge in [0.25, 0.3) is 0 Å². The molecular weight excluding hydrogens is 308 g/mol. The number of amides is 2. The van der Waals surface area contributed by atoms with Crippen molar-refractivity contribution in [3.63, 3.8) is 0 Å². The van der Waals surface area contributed by atoms with Gasteiger partial charge in [-0.3, -0.25) is 0 Å². The number of halogens is 1. The summed E-state index contributed by atoms with van der Waals surface area (Å²) in [6.07, 6.45) is 0.790. The molecule has 0 spiro atoms. The number of carbonyl (C=O) groups is 1. The van der Waals surface area contributed by atoms with E-state index in [1.165, 1.54) is 0 Å². The fourth-order valence-corrected chi connectivity index (χ4v) is 2.22. The van der Waals surface area contributed by atoms with Crippen LogP contribution in [0.2, 0.25) is 0 Å².